The van der Waals surface area contributed by atoms with Crippen molar-refractivity contribution in [3.05, 3.63) is 58.1 Å². The van der Waals surface area contributed by atoms with E-state index in [9.17, 15) is 14.4 Å². The number of benzene rings is 2. The molecular weight excluding hydrogens is 520 g/mol. The molecule has 1 saturated carbocycles. The van der Waals surface area contributed by atoms with Gasteiger partial charge < -0.3 is 24.0 Å². The monoisotopic (exact) mass is 556 g/mol. The Bertz CT molecular complexity index is 1210. The topological polar surface area (TPSA) is 85.4 Å². The highest BCUT2D eigenvalue weighted by molar-refractivity contribution is 6.30. The second kappa shape index (κ2) is 12.3. The highest BCUT2D eigenvalue weighted by Crippen LogP contribution is 2.44. The number of hydrogen-bond donors (Lipinski definition) is 0. The van der Waals surface area contributed by atoms with Crippen molar-refractivity contribution in [1.29, 1.82) is 0 Å². The van der Waals surface area contributed by atoms with E-state index in [4.69, 9.17) is 21.1 Å². The summed E-state index contributed by atoms with van der Waals surface area (Å²) in [6.07, 6.45) is 2.94. The molecular formula is C30H37ClN2O6. The summed E-state index contributed by atoms with van der Waals surface area (Å²) in [7, 11) is 4.62. The van der Waals surface area contributed by atoms with Crippen molar-refractivity contribution in [2.75, 3.05) is 21.3 Å². The average molecular weight is 557 g/mol. The Hall–Kier alpha value is -3.26. The van der Waals surface area contributed by atoms with Crippen molar-refractivity contribution < 1.29 is 28.6 Å². The molecule has 1 aliphatic heterocycles. The van der Waals surface area contributed by atoms with Crippen LogP contribution in [0.15, 0.2) is 36.4 Å². The van der Waals surface area contributed by atoms with Crippen molar-refractivity contribution >= 4 is 29.4 Å². The smallest absolute Gasteiger partial charge is 0.315 e. The summed E-state index contributed by atoms with van der Waals surface area (Å²) < 4.78 is 16.3. The molecule has 39 heavy (non-hydrogen) atoms. The summed E-state index contributed by atoms with van der Waals surface area (Å²) in [6, 6.07) is 11.3. The molecule has 210 valence electrons. The zero-order valence-corrected chi connectivity index (χ0v) is 24.0. The maximum Gasteiger partial charge on any atom is 0.315 e. The normalized spacial score (nSPS) is 20.8. The summed E-state index contributed by atoms with van der Waals surface area (Å²) in [5.74, 6) is 0.522. The van der Waals surface area contributed by atoms with Crippen LogP contribution in [0.2, 0.25) is 5.02 Å². The lowest BCUT2D eigenvalue weighted by Gasteiger charge is -2.46. The van der Waals surface area contributed by atoms with Crippen molar-refractivity contribution in [1.82, 2.24) is 9.80 Å². The molecule has 0 saturated heterocycles. The zero-order valence-electron chi connectivity index (χ0n) is 23.2. The van der Waals surface area contributed by atoms with Gasteiger partial charge in [-0.3, -0.25) is 14.4 Å². The molecule has 2 aliphatic rings. The van der Waals surface area contributed by atoms with Crippen LogP contribution in [0.5, 0.6) is 11.5 Å². The number of esters is 1. The number of halogens is 1. The van der Waals surface area contributed by atoms with Crippen LogP contribution in [-0.2, 0) is 25.5 Å². The second-order valence-corrected chi connectivity index (χ2v) is 11.0. The van der Waals surface area contributed by atoms with Gasteiger partial charge in [0.15, 0.2) is 11.5 Å². The van der Waals surface area contributed by atoms with Crippen LogP contribution in [0.4, 0.5) is 0 Å². The number of rotatable bonds is 8. The third-order valence-corrected chi connectivity index (χ3v) is 7.95. The Morgan fingerprint density at radius 1 is 1.05 bits per heavy atom. The summed E-state index contributed by atoms with van der Waals surface area (Å²) in [5, 5.41) is 0.631. The third-order valence-electron chi connectivity index (χ3n) is 7.70. The molecule has 1 heterocycles. The second-order valence-electron chi connectivity index (χ2n) is 10.5. The van der Waals surface area contributed by atoms with E-state index in [2.05, 4.69) is 4.74 Å². The maximum absolute atomic E-state index is 13.8. The van der Waals surface area contributed by atoms with Gasteiger partial charge in [-0.25, -0.2) is 0 Å². The summed E-state index contributed by atoms with van der Waals surface area (Å²) in [6.45, 7) is 3.94. The minimum absolute atomic E-state index is 0.00301. The number of methoxy groups -OCH3 is 2. The van der Waals surface area contributed by atoms with Crippen LogP contribution in [0.25, 0.3) is 0 Å². The quantitative estimate of drug-likeness (QED) is 0.338. The first-order chi connectivity index (χ1) is 18.6. The first-order valence-electron chi connectivity index (χ1n) is 13.4. The summed E-state index contributed by atoms with van der Waals surface area (Å²) in [4.78, 5) is 41.5. The van der Waals surface area contributed by atoms with Gasteiger partial charge in [0.25, 0.3) is 0 Å². The van der Waals surface area contributed by atoms with Gasteiger partial charge in [-0.05, 0) is 80.5 Å². The van der Waals surface area contributed by atoms with Crippen LogP contribution in [-0.4, -0.2) is 67.0 Å². The SMILES string of the molecule is COC(=O)CC(=O)N(C)C1CCC(N2C(=O)Cc3cc(OC)c(OC(C)C)cc3C2c2ccc(Cl)cc2)CC1. The molecule has 1 fully saturated rings. The highest BCUT2D eigenvalue weighted by atomic mass is 35.5. The Labute approximate surface area is 235 Å². The molecule has 1 aliphatic carbocycles. The number of hydrogen-bond acceptors (Lipinski definition) is 6. The Kier molecular flexibility index (Phi) is 9.05. The largest absolute Gasteiger partial charge is 0.493 e. The molecule has 2 amide bonds. The van der Waals surface area contributed by atoms with Crippen molar-refractivity contribution in [2.45, 2.75) is 76.6 Å². The van der Waals surface area contributed by atoms with Crippen LogP contribution in [0.3, 0.4) is 0 Å². The Morgan fingerprint density at radius 2 is 1.72 bits per heavy atom. The van der Waals surface area contributed by atoms with Gasteiger partial charge in [-0.2, -0.15) is 0 Å². The first-order valence-corrected chi connectivity index (χ1v) is 13.8. The number of ether oxygens (including phenoxy) is 3. The summed E-state index contributed by atoms with van der Waals surface area (Å²) >= 11 is 6.22. The molecule has 0 radical (unpaired) electrons. The highest BCUT2D eigenvalue weighted by Gasteiger charge is 2.41. The predicted molar refractivity (Wildman–Crippen MR) is 148 cm³/mol. The minimum Gasteiger partial charge on any atom is -0.493 e. The van der Waals surface area contributed by atoms with Gasteiger partial charge in [-0.1, -0.05) is 23.7 Å². The maximum atomic E-state index is 13.8. The Balaban J connectivity index is 1.64. The van der Waals surface area contributed by atoms with Gasteiger partial charge in [0.2, 0.25) is 11.8 Å². The molecule has 0 N–H and O–H groups in total. The number of carbonyl (C=O) groups is 3. The van der Waals surface area contributed by atoms with E-state index in [-0.39, 0.29) is 48.9 Å². The fourth-order valence-electron chi connectivity index (χ4n) is 5.73. The lowest BCUT2D eigenvalue weighted by atomic mass is 9.82. The van der Waals surface area contributed by atoms with Gasteiger partial charge in [0.05, 0.1) is 32.8 Å². The molecule has 2 aromatic carbocycles. The molecule has 0 aromatic heterocycles. The van der Waals surface area contributed by atoms with Crippen molar-refractivity contribution in [3.63, 3.8) is 0 Å². The van der Waals surface area contributed by atoms with Crippen molar-refractivity contribution in [2.24, 2.45) is 0 Å². The van der Waals surface area contributed by atoms with Crippen LogP contribution in [0.1, 0.15) is 68.7 Å². The van der Waals surface area contributed by atoms with E-state index < -0.39 is 5.97 Å². The molecule has 0 spiro atoms. The molecule has 9 heteroatoms. The number of nitrogens with zero attached hydrogens (tertiary/aromatic N) is 2. The van der Waals surface area contributed by atoms with E-state index >= 15 is 0 Å². The zero-order chi connectivity index (χ0) is 28.3. The lowest BCUT2D eigenvalue weighted by Crippen LogP contribution is -2.50. The fraction of sp³-hybridized carbons (Fsp3) is 0.500. The third kappa shape index (κ3) is 6.32. The van der Waals surface area contributed by atoms with E-state index in [1.807, 2.05) is 55.1 Å². The number of amides is 2. The summed E-state index contributed by atoms with van der Waals surface area (Å²) in [5.41, 5.74) is 2.91. The number of carbonyl (C=O) groups excluding carboxylic acids is 3. The van der Waals surface area contributed by atoms with Gasteiger partial charge in [-0.15, -0.1) is 0 Å². The van der Waals surface area contributed by atoms with Crippen molar-refractivity contribution in [3.8, 4) is 11.5 Å². The Morgan fingerprint density at radius 3 is 2.31 bits per heavy atom. The number of fused-ring (bicyclic) bond motifs is 1. The van der Waals surface area contributed by atoms with Crippen LogP contribution in [0, 0.1) is 0 Å². The molecule has 4 rings (SSSR count). The van der Waals surface area contributed by atoms with E-state index in [1.54, 1.807) is 19.1 Å². The first kappa shape index (κ1) is 28.7. The standard InChI is InChI=1S/C30H37ClN2O6/c1-18(2)39-26-16-24-20(14-25(26)37-4)15-28(35)33(30(24)19-6-8-21(31)9-7-19)23-12-10-22(11-13-23)32(3)27(34)17-29(36)38-5/h6-9,14,16,18,22-23,30H,10-13,15,17H2,1-5H3. The molecule has 2 aromatic rings. The van der Waals surface area contributed by atoms with E-state index in [0.717, 1.165) is 42.4 Å². The molecule has 8 nitrogen and oxygen atoms in total. The average Bonchev–Trinajstić information content (AvgIpc) is 2.92. The molecule has 1 unspecified atom stereocenters. The molecule has 0 bridgehead atoms. The minimum atomic E-state index is -0.540. The van der Waals surface area contributed by atoms with Gasteiger partial charge in [0.1, 0.15) is 6.42 Å². The lowest BCUT2D eigenvalue weighted by molar-refractivity contribution is -0.148. The molecule has 1 atom stereocenters. The van der Waals surface area contributed by atoms with E-state index in [1.165, 1.54) is 7.11 Å². The fourth-order valence-corrected chi connectivity index (χ4v) is 5.85. The van der Waals surface area contributed by atoms with Crippen LogP contribution >= 0.6 is 11.6 Å². The van der Waals surface area contributed by atoms with Crippen LogP contribution < -0.4 is 9.47 Å². The predicted octanol–water partition coefficient (Wildman–Crippen LogP) is 4.94. The van der Waals surface area contributed by atoms with Gasteiger partial charge in [0, 0.05) is 24.2 Å². The van der Waals surface area contributed by atoms with Gasteiger partial charge >= 0.3 is 5.97 Å². The van der Waals surface area contributed by atoms with E-state index in [0.29, 0.717) is 16.5 Å².